The number of hydrogen-bond donors (Lipinski definition) is 0. The molecule has 36 heavy (non-hydrogen) atoms. The number of carbonyl (C=O) groups excluding carboxylic acids is 3. The zero-order valence-corrected chi connectivity index (χ0v) is 20.6. The van der Waals surface area contributed by atoms with Gasteiger partial charge in [0.05, 0.1) is 29.3 Å². The Hall–Kier alpha value is -4.09. The number of esters is 1. The largest absolute Gasteiger partial charge is 0.456 e. The molecule has 4 rings (SSSR count). The quantitative estimate of drug-likeness (QED) is 0.377. The third-order valence-corrected chi connectivity index (χ3v) is 5.99. The van der Waals surface area contributed by atoms with Crippen LogP contribution in [0.2, 0.25) is 0 Å². The van der Waals surface area contributed by atoms with E-state index in [4.69, 9.17) is 4.74 Å². The van der Waals surface area contributed by atoms with Gasteiger partial charge in [0.1, 0.15) is 17.9 Å². The number of carbonyl (C=O) groups is 3. The standard InChI is InChI=1S/C28H28N4O4/c1-28(2,3)36-27(35)20-8-6-19(7-9-20)21-10-11-25-24(17-21)23(12-13-30-25)26(34)32(15-16-33)31-14-4-5-22(31)18-29/h6-13,16-17,22H,4-5,14-15H2,1-3H3. The molecule has 1 aliphatic rings. The number of hydrogen-bond acceptors (Lipinski definition) is 7. The lowest BCUT2D eigenvalue weighted by Gasteiger charge is -2.32. The van der Waals surface area contributed by atoms with Crippen LogP contribution in [-0.2, 0) is 9.53 Å². The molecule has 1 amide bonds. The lowest BCUT2D eigenvalue weighted by molar-refractivity contribution is -0.112. The summed E-state index contributed by atoms with van der Waals surface area (Å²) in [6, 6.07) is 16.1. The molecule has 3 aromatic rings. The molecule has 2 heterocycles. The van der Waals surface area contributed by atoms with Crippen LogP contribution in [0.15, 0.2) is 54.7 Å². The van der Waals surface area contributed by atoms with Gasteiger partial charge >= 0.3 is 5.97 Å². The number of amides is 1. The summed E-state index contributed by atoms with van der Waals surface area (Å²) in [6.07, 6.45) is 3.67. The number of nitrogens with zero attached hydrogens (tertiary/aromatic N) is 4. The van der Waals surface area contributed by atoms with E-state index in [0.29, 0.717) is 41.3 Å². The molecule has 0 aliphatic carbocycles. The second-order valence-corrected chi connectivity index (χ2v) is 9.67. The van der Waals surface area contributed by atoms with Crippen molar-refractivity contribution in [2.45, 2.75) is 45.3 Å². The highest BCUT2D eigenvalue weighted by Crippen LogP contribution is 2.28. The van der Waals surface area contributed by atoms with Gasteiger partial charge in [-0.25, -0.2) is 9.80 Å². The number of benzene rings is 2. The summed E-state index contributed by atoms with van der Waals surface area (Å²) in [5.74, 6) is -0.744. The van der Waals surface area contributed by atoms with E-state index < -0.39 is 17.6 Å². The summed E-state index contributed by atoms with van der Waals surface area (Å²) in [5.41, 5.74) is 2.62. The number of hydrazine groups is 1. The van der Waals surface area contributed by atoms with Crippen LogP contribution in [0, 0.1) is 11.3 Å². The summed E-state index contributed by atoms with van der Waals surface area (Å²) < 4.78 is 5.43. The van der Waals surface area contributed by atoms with Crippen molar-refractivity contribution in [3.8, 4) is 17.2 Å². The number of rotatable bonds is 6. The van der Waals surface area contributed by atoms with Crippen molar-refractivity contribution in [1.29, 1.82) is 5.26 Å². The minimum atomic E-state index is -0.579. The highest BCUT2D eigenvalue weighted by Gasteiger charge is 2.33. The fraction of sp³-hybridized carbons (Fsp3) is 0.321. The third kappa shape index (κ3) is 5.26. The maximum absolute atomic E-state index is 13.6. The molecule has 1 unspecified atom stereocenters. The van der Waals surface area contributed by atoms with E-state index in [1.807, 2.05) is 51.1 Å². The number of aromatic nitrogens is 1. The minimum absolute atomic E-state index is 0.132. The zero-order chi connectivity index (χ0) is 25.9. The van der Waals surface area contributed by atoms with E-state index in [1.165, 1.54) is 5.01 Å². The molecule has 8 heteroatoms. The number of aldehydes is 1. The molecular formula is C28H28N4O4. The van der Waals surface area contributed by atoms with Gasteiger partial charge in [-0.3, -0.25) is 14.8 Å². The van der Waals surface area contributed by atoms with Crippen molar-refractivity contribution >= 4 is 29.1 Å². The third-order valence-electron chi connectivity index (χ3n) is 5.99. The monoisotopic (exact) mass is 484 g/mol. The molecule has 1 aromatic heterocycles. The van der Waals surface area contributed by atoms with Crippen molar-refractivity contribution in [2.75, 3.05) is 13.1 Å². The molecule has 0 radical (unpaired) electrons. The molecule has 1 fully saturated rings. The summed E-state index contributed by atoms with van der Waals surface area (Å²) >= 11 is 0. The summed E-state index contributed by atoms with van der Waals surface area (Å²) in [4.78, 5) is 41.8. The summed E-state index contributed by atoms with van der Waals surface area (Å²) in [7, 11) is 0. The van der Waals surface area contributed by atoms with E-state index in [1.54, 1.807) is 29.4 Å². The number of ether oxygens (including phenoxy) is 1. The maximum atomic E-state index is 13.6. The van der Waals surface area contributed by atoms with Crippen LogP contribution in [0.1, 0.15) is 54.3 Å². The van der Waals surface area contributed by atoms with Gasteiger partial charge in [-0.2, -0.15) is 5.26 Å². The number of fused-ring (bicyclic) bond motifs is 1. The van der Waals surface area contributed by atoms with Crippen LogP contribution in [-0.4, -0.2) is 57.9 Å². The van der Waals surface area contributed by atoms with Crippen LogP contribution in [0.25, 0.3) is 22.0 Å². The predicted octanol–water partition coefficient (Wildman–Crippen LogP) is 4.40. The summed E-state index contributed by atoms with van der Waals surface area (Å²) in [5, 5.41) is 13.2. The van der Waals surface area contributed by atoms with Gasteiger partial charge < -0.3 is 9.53 Å². The van der Waals surface area contributed by atoms with E-state index in [-0.39, 0.29) is 12.5 Å². The second kappa shape index (κ2) is 10.3. The number of nitriles is 1. The van der Waals surface area contributed by atoms with Crippen molar-refractivity contribution in [2.24, 2.45) is 0 Å². The van der Waals surface area contributed by atoms with Crippen LogP contribution >= 0.6 is 0 Å². The Morgan fingerprint density at radius 1 is 1.17 bits per heavy atom. The highest BCUT2D eigenvalue weighted by atomic mass is 16.6. The average molecular weight is 485 g/mol. The minimum Gasteiger partial charge on any atom is -0.456 e. The fourth-order valence-corrected chi connectivity index (χ4v) is 4.33. The Balaban J connectivity index is 1.68. The van der Waals surface area contributed by atoms with Crippen molar-refractivity contribution in [3.05, 3.63) is 65.9 Å². The predicted molar refractivity (Wildman–Crippen MR) is 135 cm³/mol. The van der Waals surface area contributed by atoms with Crippen LogP contribution in [0.5, 0.6) is 0 Å². The van der Waals surface area contributed by atoms with Gasteiger partial charge in [-0.05, 0) is 75.1 Å². The summed E-state index contributed by atoms with van der Waals surface area (Å²) in [6.45, 7) is 5.87. The first-order valence-corrected chi connectivity index (χ1v) is 11.9. The Morgan fingerprint density at radius 2 is 1.89 bits per heavy atom. The van der Waals surface area contributed by atoms with Gasteiger partial charge in [0.25, 0.3) is 5.91 Å². The van der Waals surface area contributed by atoms with Gasteiger partial charge in [0.15, 0.2) is 0 Å². The van der Waals surface area contributed by atoms with E-state index in [2.05, 4.69) is 11.1 Å². The van der Waals surface area contributed by atoms with Gasteiger partial charge in [0, 0.05) is 18.1 Å². The van der Waals surface area contributed by atoms with Crippen molar-refractivity contribution in [1.82, 2.24) is 15.0 Å². The lowest BCUT2D eigenvalue weighted by Crippen LogP contribution is -2.49. The molecule has 0 spiro atoms. The first kappa shape index (κ1) is 25.0. The van der Waals surface area contributed by atoms with E-state index in [9.17, 15) is 19.6 Å². The fourth-order valence-electron chi connectivity index (χ4n) is 4.33. The molecule has 1 saturated heterocycles. The molecule has 2 aromatic carbocycles. The smallest absolute Gasteiger partial charge is 0.338 e. The van der Waals surface area contributed by atoms with Gasteiger partial charge in [0.2, 0.25) is 0 Å². The number of pyridine rings is 1. The Bertz CT molecular complexity index is 1340. The van der Waals surface area contributed by atoms with Crippen molar-refractivity contribution in [3.63, 3.8) is 0 Å². The van der Waals surface area contributed by atoms with E-state index >= 15 is 0 Å². The van der Waals surface area contributed by atoms with Crippen LogP contribution in [0.3, 0.4) is 0 Å². The highest BCUT2D eigenvalue weighted by molar-refractivity contribution is 6.07. The SMILES string of the molecule is CC(C)(C)OC(=O)c1ccc(-c2ccc3nccc(C(=O)N(CC=O)N4CCCC4C#N)c3c2)cc1. The average Bonchev–Trinajstić information content (AvgIpc) is 3.34. The molecule has 0 bridgehead atoms. The van der Waals surface area contributed by atoms with Crippen molar-refractivity contribution < 1.29 is 19.1 Å². The molecule has 1 aliphatic heterocycles. The second-order valence-electron chi connectivity index (χ2n) is 9.67. The topological polar surface area (TPSA) is 104 Å². The maximum Gasteiger partial charge on any atom is 0.338 e. The zero-order valence-electron chi connectivity index (χ0n) is 20.6. The molecular weight excluding hydrogens is 456 g/mol. The van der Waals surface area contributed by atoms with Crippen LogP contribution < -0.4 is 0 Å². The van der Waals surface area contributed by atoms with Gasteiger partial charge in [-0.1, -0.05) is 18.2 Å². The Labute approximate surface area is 210 Å². The molecule has 0 N–H and O–H groups in total. The molecule has 184 valence electrons. The molecule has 1 atom stereocenters. The first-order chi connectivity index (χ1) is 17.2. The first-order valence-electron chi connectivity index (χ1n) is 11.9. The van der Waals surface area contributed by atoms with Gasteiger partial charge in [-0.15, -0.1) is 0 Å². The molecule has 0 saturated carbocycles. The van der Waals surface area contributed by atoms with E-state index in [0.717, 1.165) is 17.5 Å². The normalized spacial score (nSPS) is 15.9. The molecule has 8 nitrogen and oxygen atoms in total. The van der Waals surface area contributed by atoms with Crippen LogP contribution in [0.4, 0.5) is 0 Å². The Morgan fingerprint density at radius 3 is 2.56 bits per heavy atom. The lowest BCUT2D eigenvalue weighted by atomic mass is 9.99. The Kier molecular flexibility index (Phi) is 7.13.